The molecule has 2 atom stereocenters. The van der Waals surface area contributed by atoms with E-state index >= 15 is 0 Å². The topological polar surface area (TPSA) is 79.3 Å². The molecule has 1 aliphatic carbocycles. The Hall–Kier alpha value is -1.65. The summed E-state index contributed by atoms with van der Waals surface area (Å²) in [7, 11) is 0. The van der Waals surface area contributed by atoms with E-state index in [2.05, 4.69) is 29.5 Å². The maximum Gasteiger partial charge on any atom is 0.415 e. The van der Waals surface area contributed by atoms with Gasteiger partial charge in [0.05, 0.1) is 21.3 Å². The lowest BCUT2D eigenvalue weighted by atomic mass is 9.83. The van der Waals surface area contributed by atoms with E-state index in [-0.39, 0.29) is 19.1 Å². The van der Waals surface area contributed by atoms with E-state index in [1.54, 1.807) is 6.20 Å². The first kappa shape index (κ1) is 32.9. The van der Waals surface area contributed by atoms with Crippen LogP contribution in [-0.4, -0.2) is 58.7 Å². The molecule has 0 amide bonds. The molecule has 3 N–H and O–H groups in total. The van der Waals surface area contributed by atoms with E-state index < -0.39 is 18.8 Å². The van der Waals surface area contributed by atoms with Crippen LogP contribution in [0.25, 0.3) is 11.3 Å². The van der Waals surface area contributed by atoms with Gasteiger partial charge in [0, 0.05) is 43.2 Å². The lowest BCUT2D eigenvalue weighted by Crippen LogP contribution is -2.43. The normalized spacial score (nSPS) is 23.8. The number of nitrogens with one attached hydrogen (secondary N) is 2. The van der Waals surface area contributed by atoms with E-state index in [9.17, 15) is 18.3 Å². The summed E-state index contributed by atoms with van der Waals surface area (Å²) >= 11 is 13.1. The van der Waals surface area contributed by atoms with Gasteiger partial charge in [0.2, 0.25) is 0 Å². The summed E-state index contributed by atoms with van der Waals surface area (Å²) in [6.07, 6.45) is 0.630. The molecule has 2 aromatic rings. The molecule has 4 rings (SSSR count). The third kappa shape index (κ3) is 9.18. The maximum atomic E-state index is 12.6. The Morgan fingerprint density at radius 2 is 1.82 bits per heavy atom. The van der Waals surface area contributed by atoms with Gasteiger partial charge in [0.1, 0.15) is 5.82 Å². The van der Waals surface area contributed by atoms with E-state index in [1.165, 1.54) is 0 Å². The molecule has 2 aromatic heterocycles. The van der Waals surface area contributed by atoms with Crippen molar-refractivity contribution in [3.8, 4) is 11.3 Å². The van der Waals surface area contributed by atoms with Crippen molar-refractivity contribution in [3.63, 3.8) is 0 Å². The fourth-order valence-electron chi connectivity index (χ4n) is 5.55. The summed E-state index contributed by atoms with van der Waals surface area (Å²) in [6, 6.07) is 5.59. The Balaban J connectivity index is 0.00000441. The Kier molecular flexibility index (Phi) is 11.5. The summed E-state index contributed by atoms with van der Waals surface area (Å²) < 4.78 is 43.5. The van der Waals surface area contributed by atoms with Crippen LogP contribution in [0.15, 0.2) is 24.4 Å². The fraction of sp³-hybridized carbons (Fsp3) is 0.655. The fourth-order valence-corrected chi connectivity index (χ4v) is 5.95. The molecule has 0 radical (unpaired) electrons. The number of aromatic nitrogens is 2. The molecule has 0 aromatic carbocycles. The number of aliphatic hydroxyl groups excluding tert-OH is 1. The van der Waals surface area contributed by atoms with Crippen LogP contribution >= 0.6 is 23.2 Å². The number of ether oxygens (including phenoxy) is 1. The second-order valence-electron chi connectivity index (χ2n) is 11.4. The predicted octanol–water partition coefficient (Wildman–Crippen LogP) is 7.32. The third-order valence-electron chi connectivity index (χ3n) is 7.71. The van der Waals surface area contributed by atoms with Crippen LogP contribution in [0, 0.1) is 11.8 Å². The van der Waals surface area contributed by atoms with Crippen LogP contribution in [0.3, 0.4) is 0 Å². The molecule has 0 spiro atoms. The minimum atomic E-state index is -4.60. The zero-order valence-corrected chi connectivity index (χ0v) is 23.8. The Labute approximate surface area is 245 Å². The second kappa shape index (κ2) is 14.0. The van der Waals surface area contributed by atoms with Gasteiger partial charge in [-0.05, 0) is 88.8 Å². The lowest BCUT2D eigenvalue weighted by Gasteiger charge is -2.35. The van der Waals surface area contributed by atoms with Crippen molar-refractivity contribution in [3.05, 3.63) is 40.1 Å². The average molecular weight is 606 g/mol. The van der Waals surface area contributed by atoms with Gasteiger partial charge in [-0.15, -0.1) is 0 Å². The van der Waals surface area contributed by atoms with Crippen molar-refractivity contribution in [1.82, 2.24) is 15.3 Å². The van der Waals surface area contributed by atoms with E-state index in [4.69, 9.17) is 32.9 Å². The minimum Gasteiger partial charge on any atom is -0.382 e. The first-order valence-electron chi connectivity index (χ1n) is 13.6. The van der Waals surface area contributed by atoms with Crippen molar-refractivity contribution < 1.29 is 23.0 Å². The molecule has 1 saturated carbocycles. The summed E-state index contributed by atoms with van der Waals surface area (Å²) in [6.45, 7) is 5.31. The Morgan fingerprint density at radius 3 is 2.50 bits per heavy atom. The maximum absolute atomic E-state index is 12.6. The number of aliphatic hydroxyl groups is 1. The molecule has 1 unspecified atom stereocenters. The minimum absolute atomic E-state index is 0. The number of anilines is 1. The predicted molar refractivity (Wildman–Crippen MR) is 155 cm³/mol. The number of pyridine rings is 2. The van der Waals surface area contributed by atoms with Crippen LogP contribution < -0.4 is 10.6 Å². The highest BCUT2D eigenvalue weighted by molar-refractivity contribution is 6.36. The number of alkyl halides is 3. The van der Waals surface area contributed by atoms with Crippen LogP contribution in [0.5, 0.6) is 0 Å². The standard InChI is InChI=1S/C28H37Cl2F3N4O2.CH4/c1-27(2)13-18(9-10-39-27)14-36-25-8-7-22(29)26(37-25)21-12-20(34-15-23(21)30)11-17-3-5-19(6-4-17)35-16-24(38)28(31,32)33;/h7-8,12,15,17-19,24,35,38H,3-6,9-11,13-14,16H2,1-2H3,(H,36,37);1H4/t17?,18?,19?,24-;/m1./s1. The zero-order valence-electron chi connectivity index (χ0n) is 22.3. The van der Waals surface area contributed by atoms with Crippen LogP contribution in [0.2, 0.25) is 10.0 Å². The van der Waals surface area contributed by atoms with Crippen molar-refractivity contribution in [2.24, 2.45) is 11.8 Å². The van der Waals surface area contributed by atoms with E-state index in [1.807, 2.05) is 18.2 Å². The number of hydrogen-bond donors (Lipinski definition) is 3. The number of rotatable bonds is 9. The average Bonchev–Trinajstić information content (AvgIpc) is 2.88. The third-order valence-corrected chi connectivity index (χ3v) is 8.31. The number of halogens is 5. The molecule has 0 bridgehead atoms. The van der Waals surface area contributed by atoms with Crippen molar-refractivity contribution in [2.45, 2.75) is 90.1 Å². The van der Waals surface area contributed by atoms with Gasteiger partial charge in [0.15, 0.2) is 6.10 Å². The lowest BCUT2D eigenvalue weighted by molar-refractivity contribution is -0.202. The number of hydrogen-bond acceptors (Lipinski definition) is 6. The van der Waals surface area contributed by atoms with Gasteiger partial charge in [-0.1, -0.05) is 30.6 Å². The molecule has 40 heavy (non-hydrogen) atoms. The molecule has 3 heterocycles. The Bertz CT molecular complexity index is 1110. The first-order valence-corrected chi connectivity index (χ1v) is 14.3. The van der Waals surface area contributed by atoms with Gasteiger partial charge in [-0.3, -0.25) is 4.98 Å². The Morgan fingerprint density at radius 1 is 1.10 bits per heavy atom. The molecule has 2 fully saturated rings. The highest BCUT2D eigenvalue weighted by Gasteiger charge is 2.38. The highest BCUT2D eigenvalue weighted by Crippen LogP contribution is 2.35. The van der Waals surface area contributed by atoms with Crippen LogP contribution in [0.4, 0.5) is 19.0 Å². The summed E-state index contributed by atoms with van der Waals surface area (Å²) in [4.78, 5) is 9.30. The quantitative estimate of drug-likeness (QED) is 0.278. The monoisotopic (exact) mass is 604 g/mol. The van der Waals surface area contributed by atoms with Gasteiger partial charge < -0.3 is 20.5 Å². The van der Waals surface area contributed by atoms with Gasteiger partial charge in [-0.2, -0.15) is 13.2 Å². The van der Waals surface area contributed by atoms with Gasteiger partial charge in [-0.25, -0.2) is 4.98 Å². The number of nitrogens with zero attached hydrogens (tertiary/aromatic N) is 2. The second-order valence-corrected chi connectivity index (χ2v) is 12.2. The van der Waals surface area contributed by atoms with Crippen molar-refractivity contribution in [2.75, 3.05) is 25.0 Å². The summed E-state index contributed by atoms with van der Waals surface area (Å²) in [5.74, 6) is 1.58. The van der Waals surface area contributed by atoms with Crippen molar-refractivity contribution in [1.29, 1.82) is 0 Å². The zero-order chi connectivity index (χ0) is 28.2. The molecular weight excluding hydrogens is 564 g/mol. The summed E-state index contributed by atoms with van der Waals surface area (Å²) in [5.41, 5.74) is 2.08. The smallest absolute Gasteiger partial charge is 0.382 e. The van der Waals surface area contributed by atoms with Crippen molar-refractivity contribution >= 4 is 29.0 Å². The molecule has 2 aliphatic rings. The molecular formula is C29H41Cl2F3N4O2. The van der Waals surface area contributed by atoms with Gasteiger partial charge >= 0.3 is 6.18 Å². The molecule has 224 valence electrons. The molecule has 1 aliphatic heterocycles. The van der Waals surface area contributed by atoms with E-state index in [0.29, 0.717) is 27.6 Å². The van der Waals surface area contributed by atoms with Gasteiger partial charge in [0.25, 0.3) is 0 Å². The largest absolute Gasteiger partial charge is 0.415 e. The SMILES string of the molecule is C.CC1(C)CC(CNc2ccc(Cl)c(-c3cc(CC4CCC(NC[C@@H](O)C(F)(F)F)CC4)ncc3Cl)n2)CCO1. The summed E-state index contributed by atoms with van der Waals surface area (Å²) in [5, 5.41) is 16.5. The van der Waals surface area contributed by atoms with Crippen LogP contribution in [0.1, 0.15) is 65.5 Å². The van der Waals surface area contributed by atoms with Crippen LogP contribution in [-0.2, 0) is 11.2 Å². The molecule has 1 saturated heterocycles. The van der Waals surface area contributed by atoms with E-state index in [0.717, 1.165) is 75.2 Å². The molecule has 11 heteroatoms. The molecule has 6 nitrogen and oxygen atoms in total. The first-order chi connectivity index (χ1) is 18.4. The highest BCUT2D eigenvalue weighted by atomic mass is 35.5.